The SMILES string of the molecule is COc1ccc(C(=O)NCCCCNCCCNC(=O)c2ccc(OC)c(OC)c2)cc1OC. The maximum Gasteiger partial charge on any atom is 0.251 e. The number of rotatable bonds is 15. The van der Waals surface area contributed by atoms with E-state index in [2.05, 4.69) is 16.0 Å². The van der Waals surface area contributed by atoms with Crippen molar-refractivity contribution in [1.82, 2.24) is 16.0 Å². The number of carbonyl (C=O) groups excluding carboxylic acids is 2. The highest BCUT2D eigenvalue weighted by Gasteiger charge is 2.11. The van der Waals surface area contributed by atoms with E-state index in [-0.39, 0.29) is 11.8 Å². The zero-order valence-electron chi connectivity index (χ0n) is 20.4. The summed E-state index contributed by atoms with van der Waals surface area (Å²) in [5.41, 5.74) is 1.06. The Bertz CT molecular complexity index is 859. The zero-order valence-corrected chi connectivity index (χ0v) is 20.4. The largest absolute Gasteiger partial charge is 0.493 e. The van der Waals surface area contributed by atoms with Gasteiger partial charge in [0.05, 0.1) is 28.4 Å². The molecule has 0 radical (unpaired) electrons. The van der Waals surface area contributed by atoms with Gasteiger partial charge in [-0.15, -0.1) is 0 Å². The van der Waals surface area contributed by atoms with Gasteiger partial charge in [0.25, 0.3) is 11.8 Å². The maximum absolute atomic E-state index is 12.3. The summed E-state index contributed by atoms with van der Waals surface area (Å²) in [6.07, 6.45) is 2.61. The monoisotopic (exact) mass is 473 g/mol. The molecular formula is C25H35N3O6. The van der Waals surface area contributed by atoms with Gasteiger partial charge in [0.2, 0.25) is 0 Å². The van der Waals surface area contributed by atoms with Gasteiger partial charge in [-0.25, -0.2) is 0 Å². The average molecular weight is 474 g/mol. The highest BCUT2D eigenvalue weighted by atomic mass is 16.5. The highest BCUT2D eigenvalue weighted by Crippen LogP contribution is 2.28. The number of amides is 2. The van der Waals surface area contributed by atoms with E-state index < -0.39 is 0 Å². The van der Waals surface area contributed by atoms with Crippen molar-refractivity contribution in [2.75, 3.05) is 54.6 Å². The Morgan fingerprint density at radius 1 is 0.588 bits per heavy atom. The van der Waals surface area contributed by atoms with Crippen LogP contribution in [0.2, 0.25) is 0 Å². The summed E-state index contributed by atoms with van der Waals surface area (Å²) < 4.78 is 20.8. The van der Waals surface area contributed by atoms with Crippen LogP contribution in [-0.2, 0) is 0 Å². The molecule has 9 heteroatoms. The molecule has 0 unspecified atom stereocenters. The molecule has 0 fully saturated rings. The molecule has 0 aliphatic rings. The second kappa shape index (κ2) is 14.6. The number of ether oxygens (including phenoxy) is 4. The standard InChI is InChI=1S/C25H35N3O6/c1-31-20-10-8-18(16-22(20)33-3)24(29)27-14-6-5-12-26-13-7-15-28-25(30)19-9-11-21(32-2)23(17-19)34-4/h8-11,16-17,26H,5-7,12-15H2,1-4H3,(H,27,29)(H,28,30). The Morgan fingerprint density at radius 2 is 1.00 bits per heavy atom. The summed E-state index contributed by atoms with van der Waals surface area (Å²) in [6, 6.07) is 10.2. The smallest absolute Gasteiger partial charge is 0.251 e. The summed E-state index contributed by atoms with van der Waals surface area (Å²) in [5.74, 6) is 1.94. The van der Waals surface area contributed by atoms with E-state index in [4.69, 9.17) is 18.9 Å². The molecule has 186 valence electrons. The third kappa shape index (κ3) is 8.15. The summed E-state index contributed by atoms with van der Waals surface area (Å²) in [6.45, 7) is 2.80. The molecule has 0 spiro atoms. The van der Waals surface area contributed by atoms with Crippen LogP contribution in [0.4, 0.5) is 0 Å². The molecule has 9 nitrogen and oxygen atoms in total. The van der Waals surface area contributed by atoms with Crippen molar-refractivity contribution in [3.8, 4) is 23.0 Å². The Morgan fingerprint density at radius 3 is 1.47 bits per heavy atom. The van der Waals surface area contributed by atoms with E-state index >= 15 is 0 Å². The zero-order chi connectivity index (χ0) is 24.8. The van der Waals surface area contributed by atoms with Gasteiger partial charge < -0.3 is 34.9 Å². The Balaban J connectivity index is 1.54. The summed E-state index contributed by atoms with van der Waals surface area (Å²) in [7, 11) is 6.19. The van der Waals surface area contributed by atoms with Gasteiger partial charge >= 0.3 is 0 Å². The van der Waals surface area contributed by atoms with Gasteiger partial charge in [-0.3, -0.25) is 9.59 Å². The average Bonchev–Trinajstić information content (AvgIpc) is 2.88. The third-order valence-electron chi connectivity index (χ3n) is 5.17. The Kier molecular flexibility index (Phi) is 11.5. The lowest BCUT2D eigenvalue weighted by atomic mass is 10.2. The first-order valence-corrected chi connectivity index (χ1v) is 11.2. The van der Waals surface area contributed by atoms with Crippen LogP contribution in [0, 0.1) is 0 Å². The summed E-state index contributed by atoms with van der Waals surface area (Å²) in [5, 5.41) is 9.17. The molecule has 0 bridgehead atoms. The first-order chi connectivity index (χ1) is 16.5. The molecule has 0 aromatic heterocycles. The van der Waals surface area contributed by atoms with Gasteiger partial charge in [-0.05, 0) is 68.8 Å². The van der Waals surface area contributed by atoms with Crippen molar-refractivity contribution in [3.05, 3.63) is 47.5 Å². The van der Waals surface area contributed by atoms with Crippen molar-refractivity contribution < 1.29 is 28.5 Å². The number of hydrogen-bond acceptors (Lipinski definition) is 7. The van der Waals surface area contributed by atoms with Crippen LogP contribution in [0.5, 0.6) is 23.0 Å². The predicted octanol–water partition coefficient (Wildman–Crippen LogP) is 2.64. The topological polar surface area (TPSA) is 107 Å². The van der Waals surface area contributed by atoms with Crippen LogP contribution in [0.25, 0.3) is 0 Å². The van der Waals surface area contributed by atoms with Crippen LogP contribution < -0.4 is 34.9 Å². The highest BCUT2D eigenvalue weighted by molar-refractivity contribution is 5.95. The van der Waals surface area contributed by atoms with E-state index in [0.29, 0.717) is 47.2 Å². The van der Waals surface area contributed by atoms with Gasteiger partial charge in [0.15, 0.2) is 23.0 Å². The fraction of sp³-hybridized carbons (Fsp3) is 0.440. The fourth-order valence-electron chi connectivity index (χ4n) is 3.28. The second-order valence-corrected chi connectivity index (χ2v) is 7.46. The molecule has 3 N–H and O–H groups in total. The molecule has 0 aliphatic heterocycles. The van der Waals surface area contributed by atoms with Gasteiger partial charge in [0.1, 0.15) is 0 Å². The van der Waals surface area contributed by atoms with Gasteiger partial charge in [-0.1, -0.05) is 0 Å². The molecular weight excluding hydrogens is 438 g/mol. The fourth-order valence-corrected chi connectivity index (χ4v) is 3.28. The van der Waals surface area contributed by atoms with E-state index in [1.165, 1.54) is 7.11 Å². The Hall–Kier alpha value is -3.46. The quantitative estimate of drug-likeness (QED) is 0.341. The molecule has 0 saturated carbocycles. The van der Waals surface area contributed by atoms with Crippen molar-refractivity contribution in [2.45, 2.75) is 19.3 Å². The van der Waals surface area contributed by atoms with Crippen LogP contribution in [0.3, 0.4) is 0 Å². The van der Waals surface area contributed by atoms with Crippen LogP contribution in [-0.4, -0.2) is 66.4 Å². The Labute approximate surface area is 201 Å². The molecule has 2 rings (SSSR count). The van der Waals surface area contributed by atoms with Crippen LogP contribution in [0.1, 0.15) is 40.0 Å². The van der Waals surface area contributed by atoms with E-state index in [1.54, 1.807) is 57.7 Å². The number of hydrogen-bond donors (Lipinski definition) is 3. The molecule has 0 saturated heterocycles. The van der Waals surface area contributed by atoms with Gasteiger partial charge in [0, 0.05) is 24.2 Å². The second-order valence-electron chi connectivity index (χ2n) is 7.46. The number of carbonyl (C=O) groups is 2. The van der Waals surface area contributed by atoms with Crippen molar-refractivity contribution >= 4 is 11.8 Å². The minimum Gasteiger partial charge on any atom is -0.493 e. The first kappa shape index (κ1) is 26.8. The normalized spacial score (nSPS) is 10.4. The minimum atomic E-state index is -0.147. The molecule has 0 aliphatic carbocycles. The van der Waals surface area contributed by atoms with E-state index in [0.717, 1.165) is 32.4 Å². The lowest BCUT2D eigenvalue weighted by Crippen LogP contribution is -2.28. The lowest BCUT2D eigenvalue weighted by Gasteiger charge is -2.11. The minimum absolute atomic E-state index is 0.140. The predicted molar refractivity (Wildman–Crippen MR) is 130 cm³/mol. The number of nitrogens with one attached hydrogen (secondary N) is 3. The third-order valence-corrected chi connectivity index (χ3v) is 5.17. The number of unbranched alkanes of at least 4 members (excludes halogenated alkanes) is 1. The van der Waals surface area contributed by atoms with Crippen LogP contribution in [0.15, 0.2) is 36.4 Å². The molecule has 2 amide bonds. The van der Waals surface area contributed by atoms with Crippen molar-refractivity contribution in [2.24, 2.45) is 0 Å². The summed E-state index contributed by atoms with van der Waals surface area (Å²) in [4.78, 5) is 24.5. The van der Waals surface area contributed by atoms with Crippen molar-refractivity contribution in [3.63, 3.8) is 0 Å². The first-order valence-electron chi connectivity index (χ1n) is 11.2. The molecule has 34 heavy (non-hydrogen) atoms. The summed E-state index contributed by atoms with van der Waals surface area (Å²) >= 11 is 0. The van der Waals surface area contributed by atoms with E-state index in [9.17, 15) is 9.59 Å². The molecule has 2 aromatic rings. The molecule has 2 aromatic carbocycles. The maximum atomic E-state index is 12.3. The van der Waals surface area contributed by atoms with Crippen molar-refractivity contribution in [1.29, 1.82) is 0 Å². The van der Waals surface area contributed by atoms with Gasteiger partial charge in [-0.2, -0.15) is 0 Å². The molecule has 0 heterocycles. The lowest BCUT2D eigenvalue weighted by molar-refractivity contribution is 0.0944. The van der Waals surface area contributed by atoms with E-state index in [1.807, 2.05) is 0 Å². The van der Waals surface area contributed by atoms with Crippen LogP contribution >= 0.6 is 0 Å². The number of benzene rings is 2. The molecule has 0 atom stereocenters. The number of methoxy groups -OCH3 is 4.